The zero-order valence-corrected chi connectivity index (χ0v) is 15.7. The maximum absolute atomic E-state index is 13.1. The molecule has 28 heavy (non-hydrogen) atoms. The second kappa shape index (κ2) is 7.14. The SMILES string of the molecule is C[C@@H]1CCC[C@@H](C)N1C(=O)Cn1nnc2c(cnn2-c2ccc(F)cc2)c1=O. The van der Waals surface area contributed by atoms with E-state index in [1.165, 1.54) is 35.1 Å². The van der Waals surface area contributed by atoms with E-state index in [9.17, 15) is 14.0 Å². The number of carbonyl (C=O) groups excluding carboxylic acids is 1. The molecular weight excluding hydrogens is 363 g/mol. The molecule has 0 bridgehead atoms. The third-order valence-electron chi connectivity index (χ3n) is 5.29. The maximum atomic E-state index is 13.1. The van der Waals surface area contributed by atoms with Crippen molar-refractivity contribution in [1.29, 1.82) is 0 Å². The topological polar surface area (TPSA) is 85.9 Å². The van der Waals surface area contributed by atoms with Gasteiger partial charge in [-0.2, -0.15) is 5.10 Å². The summed E-state index contributed by atoms with van der Waals surface area (Å²) in [5.41, 5.74) is 0.402. The number of nitrogens with zero attached hydrogens (tertiary/aromatic N) is 6. The molecule has 4 rings (SSSR count). The third-order valence-corrected chi connectivity index (χ3v) is 5.29. The first kappa shape index (κ1) is 18.3. The molecule has 0 aliphatic carbocycles. The van der Waals surface area contributed by atoms with Crippen molar-refractivity contribution in [1.82, 2.24) is 29.7 Å². The highest BCUT2D eigenvalue weighted by Gasteiger charge is 2.29. The van der Waals surface area contributed by atoms with Crippen molar-refractivity contribution in [2.24, 2.45) is 0 Å². The van der Waals surface area contributed by atoms with Crippen molar-refractivity contribution in [3.63, 3.8) is 0 Å². The van der Waals surface area contributed by atoms with Gasteiger partial charge in [-0.25, -0.2) is 13.8 Å². The Kier molecular flexibility index (Phi) is 4.66. The summed E-state index contributed by atoms with van der Waals surface area (Å²) in [6, 6.07) is 5.97. The first-order chi connectivity index (χ1) is 13.5. The van der Waals surface area contributed by atoms with Crippen LogP contribution in [0.25, 0.3) is 16.7 Å². The zero-order chi connectivity index (χ0) is 19.8. The second-order valence-electron chi connectivity index (χ2n) is 7.25. The van der Waals surface area contributed by atoms with Gasteiger partial charge < -0.3 is 4.90 Å². The fourth-order valence-corrected chi connectivity index (χ4v) is 3.86. The summed E-state index contributed by atoms with van der Waals surface area (Å²) in [5, 5.41) is 12.5. The van der Waals surface area contributed by atoms with Gasteiger partial charge in [-0.05, 0) is 57.4 Å². The van der Waals surface area contributed by atoms with Crippen molar-refractivity contribution in [3.05, 3.63) is 46.6 Å². The van der Waals surface area contributed by atoms with Crippen LogP contribution < -0.4 is 5.56 Å². The van der Waals surface area contributed by atoms with E-state index >= 15 is 0 Å². The average molecular weight is 384 g/mol. The smallest absolute Gasteiger partial charge is 0.281 e. The van der Waals surface area contributed by atoms with E-state index in [0.717, 1.165) is 23.9 Å². The van der Waals surface area contributed by atoms with Crippen LogP contribution in [-0.2, 0) is 11.3 Å². The van der Waals surface area contributed by atoms with E-state index in [2.05, 4.69) is 15.4 Å². The predicted molar refractivity (Wildman–Crippen MR) is 100 cm³/mol. The minimum absolute atomic E-state index is 0.138. The highest BCUT2D eigenvalue weighted by Crippen LogP contribution is 2.22. The van der Waals surface area contributed by atoms with E-state index in [0.29, 0.717) is 5.69 Å². The minimum atomic E-state index is -0.427. The molecule has 1 saturated heterocycles. The number of aromatic nitrogens is 5. The molecular formula is C19H21FN6O2. The predicted octanol–water partition coefficient (Wildman–Crippen LogP) is 1.91. The molecule has 2 atom stereocenters. The summed E-state index contributed by atoms with van der Waals surface area (Å²) in [5.74, 6) is -0.505. The zero-order valence-electron chi connectivity index (χ0n) is 15.7. The van der Waals surface area contributed by atoms with Gasteiger partial charge in [0.15, 0.2) is 5.65 Å². The first-order valence-electron chi connectivity index (χ1n) is 9.34. The molecule has 1 aliphatic heterocycles. The first-order valence-corrected chi connectivity index (χ1v) is 9.34. The van der Waals surface area contributed by atoms with Crippen molar-refractivity contribution in [2.45, 2.75) is 51.7 Å². The van der Waals surface area contributed by atoms with E-state index in [-0.39, 0.29) is 41.4 Å². The van der Waals surface area contributed by atoms with E-state index in [4.69, 9.17) is 0 Å². The molecule has 2 aromatic heterocycles. The summed E-state index contributed by atoms with van der Waals surface area (Å²) in [6.07, 6.45) is 4.41. The Balaban J connectivity index is 1.65. The van der Waals surface area contributed by atoms with E-state index < -0.39 is 5.56 Å². The van der Waals surface area contributed by atoms with E-state index in [1.54, 1.807) is 0 Å². The van der Waals surface area contributed by atoms with Crippen LogP contribution in [0.15, 0.2) is 35.3 Å². The molecule has 146 valence electrons. The van der Waals surface area contributed by atoms with Gasteiger partial charge in [-0.1, -0.05) is 5.21 Å². The monoisotopic (exact) mass is 384 g/mol. The molecule has 0 spiro atoms. The normalized spacial score (nSPS) is 19.9. The van der Waals surface area contributed by atoms with Crippen LogP contribution in [0, 0.1) is 5.82 Å². The lowest BCUT2D eigenvalue weighted by Gasteiger charge is -2.39. The lowest BCUT2D eigenvalue weighted by Crippen LogP contribution is -2.49. The molecule has 0 radical (unpaired) electrons. The summed E-state index contributed by atoms with van der Waals surface area (Å²) >= 11 is 0. The molecule has 9 heteroatoms. The number of piperidine rings is 1. The van der Waals surface area contributed by atoms with Crippen LogP contribution in [0.2, 0.25) is 0 Å². The van der Waals surface area contributed by atoms with Crippen LogP contribution in [0.5, 0.6) is 0 Å². The van der Waals surface area contributed by atoms with Crippen LogP contribution in [-0.4, -0.2) is 47.7 Å². The van der Waals surface area contributed by atoms with Crippen molar-refractivity contribution >= 4 is 16.9 Å². The fraction of sp³-hybridized carbons (Fsp3) is 0.421. The number of carbonyl (C=O) groups is 1. The molecule has 3 heterocycles. The van der Waals surface area contributed by atoms with Gasteiger partial charge in [0.2, 0.25) is 5.91 Å². The van der Waals surface area contributed by atoms with Gasteiger partial charge in [-0.3, -0.25) is 9.59 Å². The lowest BCUT2D eigenvalue weighted by atomic mass is 9.97. The highest BCUT2D eigenvalue weighted by molar-refractivity contribution is 5.78. The molecule has 1 amide bonds. The van der Waals surface area contributed by atoms with Gasteiger partial charge in [-0.15, -0.1) is 5.10 Å². The van der Waals surface area contributed by atoms with Crippen molar-refractivity contribution in [3.8, 4) is 5.69 Å². The summed E-state index contributed by atoms with van der Waals surface area (Å²) in [7, 11) is 0. The Labute approximate surface area is 160 Å². The summed E-state index contributed by atoms with van der Waals surface area (Å²) in [6.45, 7) is 3.90. The molecule has 0 N–H and O–H groups in total. The number of amides is 1. The van der Waals surface area contributed by atoms with Crippen LogP contribution in [0.4, 0.5) is 4.39 Å². The number of hydrogen-bond donors (Lipinski definition) is 0. The number of likely N-dealkylation sites (tertiary alicyclic amines) is 1. The Morgan fingerprint density at radius 1 is 1.18 bits per heavy atom. The summed E-state index contributed by atoms with van der Waals surface area (Å²) < 4.78 is 15.6. The third kappa shape index (κ3) is 3.17. The Bertz CT molecular complexity index is 1060. The molecule has 1 aromatic carbocycles. The van der Waals surface area contributed by atoms with Crippen LogP contribution in [0.3, 0.4) is 0 Å². The molecule has 0 saturated carbocycles. The van der Waals surface area contributed by atoms with Crippen molar-refractivity contribution < 1.29 is 9.18 Å². The number of benzene rings is 1. The number of rotatable bonds is 3. The lowest BCUT2D eigenvalue weighted by molar-refractivity contribution is -0.138. The second-order valence-corrected chi connectivity index (χ2v) is 7.25. The number of halogens is 1. The fourth-order valence-electron chi connectivity index (χ4n) is 3.86. The molecule has 1 aliphatic rings. The van der Waals surface area contributed by atoms with Gasteiger partial charge in [0.25, 0.3) is 5.56 Å². The Morgan fingerprint density at radius 2 is 1.86 bits per heavy atom. The van der Waals surface area contributed by atoms with Gasteiger partial charge in [0.05, 0.1) is 11.9 Å². The molecule has 1 fully saturated rings. The quantitative estimate of drug-likeness (QED) is 0.689. The number of fused-ring (bicyclic) bond motifs is 1. The standard InChI is InChI=1S/C19H21FN6O2/c1-12-4-3-5-13(2)25(12)17(27)11-24-19(28)16-10-21-26(18(16)22-23-24)15-8-6-14(20)7-9-15/h6-10,12-13H,3-5,11H2,1-2H3/t12-,13-/m1/s1. The van der Waals surface area contributed by atoms with Gasteiger partial charge >= 0.3 is 0 Å². The Hall–Kier alpha value is -3.10. The maximum Gasteiger partial charge on any atom is 0.281 e. The summed E-state index contributed by atoms with van der Waals surface area (Å²) in [4.78, 5) is 27.4. The molecule has 3 aromatic rings. The van der Waals surface area contributed by atoms with E-state index in [1.807, 2.05) is 18.7 Å². The minimum Gasteiger partial charge on any atom is -0.336 e. The van der Waals surface area contributed by atoms with Crippen LogP contribution in [0.1, 0.15) is 33.1 Å². The highest BCUT2D eigenvalue weighted by atomic mass is 19.1. The molecule has 8 nitrogen and oxygen atoms in total. The molecule has 0 unspecified atom stereocenters. The largest absolute Gasteiger partial charge is 0.336 e. The van der Waals surface area contributed by atoms with Gasteiger partial charge in [0, 0.05) is 12.1 Å². The van der Waals surface area contributed by atoms with Gasteiger partial charge in [0.1, 0.15) is 17.7 Å². The average Bonchev–Trinajstić information content (AvgIpc) is 3.09. The van der Waals surface area contributed by atoms with Crippen LogP contribution >= 0.6 is 0 Å². The Morgan fingerprint density at radius 3 is 2.54 bits per heavy atom. The number of hydrogen-bond acceptors (Lipinski definition) is 5. The van der Waals surface area contributed by atoms with Crippen molar-refractivity contribution in [2.75, 3.05) is 0 Å².